The number of ether oxygens (including phenoxy) is 1. The minimum absolute atomic E-state index is 0.203. The molecule has 104 valence electrons. The topological polar surface area (TPSA) is 86.1 Å². The Bertz CT molecular complexity index is 619. The molecule has 1 heterocycles. The van der Waals surface area contributed by atoms with Crippen molar-refractivity contribution >= 4 is 17.6 Å². The fourth-order valence-electron chi connectivity index (χ4n) is 1.59. The number of anilines is 1. The van der Waals surface area contributed by atoms with E-state index in [1.807, 2.05) is 0 Å². The number of nitrogens with zero attached hydrogens (tertiary/aromatic N) is 3. The molecule has 1 aromatic heterocycles. The molecule has 1 amide bonds. The van der Waals surface area contributed by atoms with Crippen molar-refractivity contribution in [3.8, 4) is 0 Å². The van der Waals surface area contributed by atoms with Gasteiger partial charge in [0.25, 0.3) is 5.91 Å². The van der Waals surface area contributed by atoms with Crippen LogP contribution in [-0.4, -0.2) is 34.0 Å². The van der Waals surface area contributed by atoms with E-state index in [9.17, 15) is 9.59 Å². The maximum atomic E-state index is 11.8. The summed E-state index contributed by atoms with van der Waals surface area (Å²) in [5.74, 6) is -0.639. The van der Waals surface area contributed by atoms with Gasteiger partial charge in [0.05, 0.1) is 19.7 Å². The number of aromatic nitrogens is 3. The third-order valence-electron chi connectivity index (χ3n) is 2.62. The summed E-state index contributed by atoms with van der Waals surface area (Å²) < 4.78 is 6.04. The maximum absolute atomic E-state index is 11.8. The first-order valence-corrected chi connectivity index (χ1v) is 5.92. The number of carbonyl (C=O) groups excluding carboxylic acids is 2. The van der Waals surface area contributed by atoms with Crippen LogP contribution in [0.2, 0.25) is 0 Å². The minimum atomic E-state index is -0.334. The molecule has 7 nitrogen and oxygen atoms in total. The molecule has 7 heteroatoms. The van der Waals surface area contributed by atoms with Gasteiger partial charge in [0.1, 0.15) is 0 Å². The predicted octanol–water partition coefficient (Wildman–Crippen LogP) is 0.783. The van der Waals surface area contributed by atoms with Crippen LogP contribution in [0.15, 0.2) is 30.5 Å². The zero-order valence-corrected chi connectivity index (χ0v) is 11.2. The van der Waals surface area contributed by atoms with Crippen LogP contribution in [0.5, 0.6) is 0 Å². The normalized spacial score (nSPS) is 10.1. The van der Waals surface area contributed by atoms with Crippen molar-refractivity contribution in [3.63, 3.8) is 0 Å². The molecule has 0 fully saturated rings. The first-order valence-electron chi connectivity index (χ1n) is 5.92. The lowest BCUT2D eigenvalue weighted by Gasteiger charge is -2.04. The van der Waals surface area contributed by atoms with Gasteiger partial charge in [-0.1, -0.05) is 17.3 Å². The third-order valence-corrected chi connectivity index (χ3v) is 2.62. The Balaban J connectivity index is 2.00. The summed E-state index contributed by atoms with van der Waals surface area (Å²) in [6.07, 6.45) is 1.73. The van der Waals surface area contributed by atoms with Crippen LogP contribution in [0.4, 0.5) is 5.69 Å². The molecule has 0 aliphatic heterocycles. The minimum Gasteiger partial charge on any atom is -0.469 e. The lowest BCUT2D eigenvalue weighted by molar-refractivity contribution is -0.139. The fourth-order valence-corrected chi connectivity index (χ4v) is 1.59. The number of hydrogen-bond donors (Lipinski definition) is 1. The van der Waals surface area contributed by atoms with Gasteiger partial charge in [0, 0.05) is 12.7 Å². The number of esters is 1. The molecule has 0 unspecified atom stereocenters. The molecule has 0 atom stereocenters. The zero-order chi connectivity index (χ0) is 14.5. The van der Waals surface area contributed by atoms with E-state index < -0.39 is 0 Å². The fraction of sp³-hybridized carbons (Fsp3) is 0.231. The number of methoxy groups -OCH3 is 1. The van der Waals surface area contributed by atoms with Gasteiger partial charge in [-0.3, -0.25) is 14.3 Å². The van der Waals surface area contributed by atoms with E-state index in [2.05, 4.69) is 20.4 Å². The zero-order valence-electron chi connectivity index (χ0n) is 11.2. The first-order chi connectivity index (χ1) is 9.58. The number of rotatable bonds is 4. The SMILES string of the molecule is COC(=O)Cc1ccc(NC(=O)c2cn(C)nn2)cc1. The van der Waals surface area contributed by atoms with Crippen LogP contribution in [0.1, 0.15) is 16.1 Å². The summed E-state index contributed by atoms with van der Waals surface area (Å²) in [4.78, 5) is 23.0. The van der Waals surface area contributed by atoms with Crippen molar-refractivity contribution in [2.75, 3.05) is 12.4 Å². The second kappa shape index (κ2) is 5.96. The highest BCUT2D eigenvalue weighted by Gasteiger charge is 2.10. The highest BCUT2D eigenvalue weighted by Crippen LogP contribution is 2.11. The van der Waals surface area contributed by atoms with Crippen molar-refractivity contribution in [3.05, 3.63) is 41.7 Å². The molecule has 2 aromatic rings. The molecule has 0 aliphatic carbocycles. The molecular formula is C13H14N4O3. The summed E-state index contributed by atoms with van der Waals surface area (Å²) in [6.45, 7) is 0. The van der Waals surface area contributed by atoms with Gasteiger partial charge in [0.2, 0.25) is 0 Å². The molecule has 1 aromatic carbocycles. The number of aryl methyl sites for hydroxylation is 1. The Hall–Kier alpha value is -2.70. The second-order valence-corrected chi connectivity index (χ2v) is 4.18. The van der Waals surface area contributed by atoms with E-state index in [-0.39, 0.29) is 24.0 Å². The molecule has 0 saturated heterocycles. The Kier molecular flexibility index (Phi) is 4.09. The summed E-state index contributed by atoms with van der Waals surface area (Å²) in [7, 11) is 3.03. The van der Waals surface area contributed by atoms with Crippen molar-refractivity contribution in [1.29, 1.82) is 0 Å². The average molecular weight is 274 g/mol. The van der Waals surface area contributed by atoms with Gasteiger partial charge in [-0.15, -0.1) is 5.10 Å². The molecule has 0 radical (unpaired) electrons. The highest BCUT2D eigenvalue weighted by atomic mass is 16.5. The molecule has 0 bridgehead atoms. The summed E-state index contributed by atoms with van der Waals surface area (Å²) in [5, 5.41) is 10.1. The Morgan fingerprint density at radius 3 is 2.55 bits per heavy atom. The average Bonchev–Trinajstić information content (AvgIpc) is 2.87. The smallest absolute Gasteiger partial charge is 0.309 e. The lowest BCUT2D eigenvalue weighted by Crippen LogP contribution is -2.12. The molecular weight excluding hydrogens is 260 g/mol. The summed E-state index contributed by atoms with van der Waals surface area (Å²) in [5.41, 5.74) is 1.68. The van der Waals surface area contributed by atoms with E-state index in [4.69, 9.17) is 0 Å². The van der Waals surface area contributed by atoms with E-state index in [0.29, 0.717) is 5.69 Å². The van der Waals surface area contributed by atoms with E-state index in [1.165, 1.54) is 18.0 Å². The molecule has 0 saturated carbocycles. The standard InChI is InChI=1S/C13H14N4O3/c1-17-8-11(15-16-17)13(19)14-10-5-3-9(4-6-10)7-12(18)20-2/h3-6,8H,7H2,1-2H3,(H,14,19). The van der Waals surface area contributed by atoms with Gasteiger partial charge in [0.15, 0.2) is 5.69 Å². The monoisotopic (exact) mass is 274 g/mol. The second-order valence-electron chi connectivity index (χ2n) is 4.18. The van der Waals surface area contributed by atoms with Gasteiger partial charge < -0.3 is 10.1 Å². The Morgan fingerprint density at radius 2 is 2.00 bits per heavy atom. The van der Waals surface area contributed by atoms with Crippen molar-refractivity contribution in [2.24, 2.45) is 7.05 Å². The summed E-state index contributed by atoms with van der Waals surface area (Å²) in [6, 6.07) is 6.94. The molecule has 1 N–H and O–H groups in total. The number of amides is 1. The van der Waals surface area contributed by atoms with Crippen molar-refractivity contribution in [1.82, 2.24) is 15.0 Å². The van der Waals surface area contributed by atoms with Crippen molar-refractivity contribution in [2.45, 2.75) is 6.42 Å². The van der Waals surface area contributed by atoms with Crippen LogP contribution in [0, 0.1) is 0 Å². The Morgan fingerprint density at radius 1 is 1.30 bits per heavy atom. The summed E-state index contributed by atoms with van der Waals surface area (Å²) >= 11 is 0. The van der Waals surface area contributed by atoms with E-state index >= 15 is 0 Å². The lowest BCUT2D eigenvalue weighted by atomic mass is 10.1. The Labute approximate surface area is 115 Å². The van der Waals surface area contributed by atoms with Gasteiger partial charge in [-0.25, -0.2) is 0 Å². The number of hydrogen-bond acceptors (Lipinski definition) is 5. The first kappa shape index (κ1) is 13.7. The molecule has 0 spiro atoms. The number of benzene rings is 1. The number of carbonyl (C=O) groups is 2. The van der Waals surface area contributed by atoms with Crippen LogP contribution < -0.4 is 5.32 Å². The van der Waals surface area contributed by atoms with E-state index in [0.717, 1.165) is 5.56 Å². The molecule has 0 aliphatic rings. The van der Waals surface area contributed by atoms with Crippen LogP contribution in [-0.2, 0) is 23.0 Å². The third kappa shape index (κ3) is 3.41. The van der Waals surface area contributed by atoms with Gasteiger partial charge in [-0.2, -0.15) is 0 Å². The predicted molar refractivity (Wildman–Crippen MR) is 71.1 cm³/mol. The van der Waals surface area contributed by atoms with Gasteiger partial charge >= 0.3 is 5.97 Å². The van der Waals surface area contributed by atoms with Crippen LogP contribution >= 0.6 is 0 Å². The van der Waals surface area contributed by atoms with E-state index in [1.54, 1.807) is 31.3 Å². The number of nitrogens with one attached hydrogen (secondary N) is 1. The van der Waals surface area contributed by atoms with Crippen LogP contribution in [0.25, 0.3) is 0 Å². The van der Waals surface area contributed by atoms with Crippen LogP contribution in [0.3, 0.4) is 0 Å². The van der Waals surface area contributed by atoms with Crippen molar-refractivity contribution < 1.29 is 14.3 Å². The van der Waals surface area contributed by atoms with Gasteiger partial charge in [-0.05, 0) is 17.7 Å². The molecule has 20 heavy (non-hydrogen) atoms. The molecule has 2 rings (SSSR count). The highest BCUT2D eigenvalue weighted by molar-refractivity contribution is 6.02. The quantitative estimate of drug-likeness (QED) is 0.833. The largest absolute Gasteiger partial charge is 0.469 e. The maximum Gasteiger partial charge on any atom is 0.309 e.